The van der Waals surface area contributed by atoms with Crippen molar-refractivity contribution in [3.63, 3.8) is 0 Å². The van der Waals surface area contributed by atoms with Crippen molar-refractivity contribution in [3.8, 4) is 0 Å². The zero-order valence-corrected chi connectivity index (χ0v) is 18.0. The summed E-state index contributed by atoms with van der Waals surface area (Å²) in [6.45, 7) is 4.31. The van der Waals surface area contributed by atoms with E-state index in [1.54, 1.807) is 0 Å². The quantitative estimate of drug-likeness (QED) is 0.537. The van der Waals surface area contributed by atoms with E-state index in [0.717, 1.165) is 36.9 Å². The van der Waals surface area contributed by atoms with Crippen LogP contribution in [0.3, 0.4) is 0 Å². The first-order chi connectivity index (χ1) is 14.7. The molecule has 0 fully saturated rings. The van der Waals surface area contributed by atoms with Crippen molar-refractivity contribution >= 4 is 23.2 Å². The third kappa shape index (κ3) is 4.82. The second-order valence-corrected chi connectivity index (χ2v) is 8.22. The normalized spacial score (nSPS) is 13.9. The van der Waals surface area contributed by atoms with Crippen LogP contribution in [0.2, 0.25) is 0 Å². The van der Waals surface area contributed by atoms with Crippen molar-refractivity contribution in [1.29, 1.82) is 0 Å². The summed E-state index contributed by atoms with van der Waals surface area (Å²) in [4.78, 5) is 14.7. The zero-order chi connectivity index (χ0) is 20.8. The largest absolute Gasteiger partial charge is 0.338 e. The number of aromatic nitrogens is 3. The van der Waals surface area contributed by atoms with E-state index >= 15 is 0 Å². The average molecular weight is 419 g/mol. The van der Waals surface area contributed by atoms with Gasteiger partial charge in [0.15, 0.2) is 5.16 Å². The van der Waals surface area contributed by atoms with E-state index in [1.807, 2.05) is 29.2 Å². The molecule has 0 saturated carbocycles. The van der Waals surface area contributed by atoms with Gasteiger partial charge in [0, 0.05) is 26.1 Å². The summed E-state index contributed by atoms with van der Waals surface area (Å²) in [7, 11) is 0. The van der Waals surface area contributed by atoms with Gasteiger partial charge in [0.2, 0.25) is 5.91 Å². The summed E-state index contributed by atoms with van der Waals surface area (Å²) in [5, 5.41) is 9.53. The van der Waals surface area contributed by atoms with Gasteiger partial charge < -0.3 is 9.47 Å². The van der Waals surface area contributed by atoms with Gasteiger partial charge in [0.1, 0.15) is 5.82 Å². The highest BCUT2D eigenvalue weighted by atomic mass is 32.2. The van der Waals surface area contributed by atoms with E-state index in [2.05, 4.69) is 64.2 Å². The summed E-state index contributed by atoms with van der Waals surface area (Å²) < 4.78 is 2.11. The van der Waals surface area contributed by atoms with Gasteiger partial charge in [-0.2, -0.15) is 0 Å². The average Bonchev–Trinajstić information content (AvgIpc) is 3.20. The van der Waals surface area contributed by atoms with Crippen LogP contribution in [0, 0.1) is 0 Å². The number of rotatable bonds is 7. The lowest BCUT2D eigenvalue weighted by molar-refractivity contribution is -0.127. The molecule has 5 nitrogen and oxygen atoms in total. The predicted molar refractivity (Wildman–Crippen MR) is 121 cm³/mol. The highest BCUT2D eigenvalue weighted by Crippen LogP contribution is 2.24. The van der Waals surface area contributed by atoms with Crippen LogP contribution in [0.5, 0.6) is 0 Å². The number of carbonyl (C=O) groups is 1. The first-order valence-corrected chi connectivity index (χ1v) is 11.3. The SMILES string of the molecule is CCn1c(Cc2ccccc2)nnc1SCC(=O)N1CC=C(c2ccccc2)CC1. The number of thioether (sulfide) groups is 1. The summed E-state index contributed by atoms with van der Waals surface area (Å²) >= 11 is 1.48. The summed E-state index contributed by atoms with van der Waals surface area (Å²) in [6.07, 6.45) is 3.82. The molecular weight excluding hydrogens is 392 g/mol. The van der Waals surface area contributed by atoms with Gasteiger partial charge >= 0.3 is 0 Å². The molecule has 6 heteroatoms. The lowest BCUT2D eigenvalue weighted by Crippen LogP contribution is -2.35. The standard InChI is InChI=1S/C24H26N4OS/c1-2-28-22(17-19-9-5-3-6-10-19)25-26-24(28)30-18-23(29)27-15-13-21(14-16-27)20-11-7-4-8-12-20/h3-13H,2,14-18H2,1H3. The lowest BCUT2D eigenvalue weighted by atomic mass is 10.00. The Bertz CT molecular complexity index is 1010. The van der Waals surface area contributed by atoms with Gasteiger partial charge in [0.25, 0.3) is 0 Å². The first kappa shape index (κ1) is 20.4. The van der Waals surface area contributed by atoms with Crippen LogP contribution in [-0.2, 0) is 17.8 Å². The Morgan fingerprint density at radius 1 is 1.03 bits per heavy atom. The van der Waals surface area contributed by atoms with E-state index in [1.165, 1.54) is 28.5 Å². The van der Waals surface area contributed by atoms with Gasteiger partial charge in [-0.05, 0) is 30.0 Å². The Labute approximate surface area is 181 Å². The fourth-order valence-corrected chi connectivity index (χ4v) is 4.60. The number of nitrogens with zero attached hydrogens (tertiary/aromatic N) is 4. The lowest BCUT2D eigenvalue weighted by Gasteiger charge is -2.26. The molecule has 0 atom stereocenters. The third-order valence-electron chi connectivity index (χ3n) is 5.35. The van der Waals surface area contributed by atoms with Crippen molar-refractivity contribution in [2.45, 2.75) is 31.5 Å². The smallest absolute Gasteiger partial charge is 0.233 e. The van der Waals surface area contributed by atoms with Crippen molar-refractivity contribution in [3.05, 3.63) is 83.7 Å². The summed E-state index contributed by atoms with van der Waals surface area (Å²) in [5.41, 5.74) is 3.78. The molecule has 3 aromatic rings. The Balaban J connectivity index is 1.35. The molecular formula is C24H26N4OS. The Morgan fingerprint density at radius 3 is 2.43 bits per heavy atom. The van der Waals surface area contributed by atoms with Gasteiger partial charge in [-0.15, -0.1) is 10.2 Å². The Kier molecular flexibility index (Phi) is 6.64. The van der Waals surface area contributed by atoms with Crippen molar-refractivity contribution in [2.75, 3.05) is 18.8 Å². The molecule has 2 heterocycles. The van der Waals surface area contributed by atoms with E-state index < -0.39 is 0 Å². The zero-order valence-electron chi connectivity index (χ0n) is 17.2. The molecule has 0 unspecified atom stereocenters. The van der Waals surface area contributed by atoms with Crippen LogP contribution in [0.4, 0.5) is 0 Å². The number of amides is 1. The highest BCUT2D eigenvalue weighted by Gasteiger charge is 2.20. The molecule has 1 amide bonds. The van der Waals surface area contributed by atoms with Gasteiger partial charge in [0.05, 0.1) is 5.75 Å². The summed E-state index contributed by atoms with van der Waals surface area (Å²) in [6, 6.07) is 20.7. The van der Waals surface area contributed by atoms with Gasteiger partial charge in [-0.1, -0.05) is 78.5 Å². The van der Waals surface area contributed by atoms with Gasteiger partial charge in [-0.3, -0.25) is 4.79 Å². The Hall–Kier alpha value is -2.86. The number of carbonyl (C=O) groups excluding carboxylic acids is 1. The van der Waals surface area contributed by atoms with Crippen molar-refractivity contribution < 1.29 is 4.79 Å². The molecule has 0 spiro atoms. The molecule has 2 aromatic carbocycles. The molecule has 0 radical (unpaired) electrons. The number of hydrogen-bond acceptors (Lipinski definition) is 4. The molecule has 0 aliphatic carbocycles. The van der Waals surface area contributed by atoms with Crippen molar-refractivity contribution in [2.24, 2.45) is 0 Å². The number of hydrogen-bond donors (Lipinski definition) is 0. The molecule has 1 aromatic heterocycles. The molecule has 30 heavy (non-hydrogen) atoms. The molecule has 4 rings (SSSR count). The van der Waals surface area contributed by atoms with Crippen LogP contribution in [0.1, 0.15) is 30.3 Å². The van der Waals surface area contributed by atoms with Crippen LogP contribution >= 0.6 is 11.8 Å². The summed E-state index contributed by atoms with van der Waals surface area (Å²) in [5.74, 6) is 1.48. The minimum atomic E-state index is 0.152. The molecule has 0 saturated heterocycles. The third-order valence-corrected chi connectivity index (χ3v) is 6.30. The van der Waals surface area contributed by atoms with E-state index in [-0.39, 0.29) is 5.91 Å². The Morgan fingerprint density at radius 2 is 1.77 bits per heavy atom. The minimum absolute atomic E-state index is 0.152. The topological polar surface area (TPSA) is 51.0 Å². The monoisotopic (exact) mass is 418 g/mol. The highest BCUT2D eigenvalue weighted by molar-refractivity contribution is 7.99. The van der Waals surface area contributed by atoms with E-state index in [0.29, 0.717) is 12.3 Å². The molecule has 1 aliphatic rings. The fourth-order valence-electron chi connectivity index (χ4n) is 3.68. The molecule has 0 bridgehead atoms. The van der Waals surface area contributed by atoms with Crippen molar-refractivity contribution in [1.82, 2.24) is 19.7 Å². The molecule has 154 valence electrons. The van der Waals surface area contributed by atoms with E-state index in [4.69, 9.17) is 0 Å². The maximum atomic E-state index is 12.7. The minimum Gasteiger partial charge on any atom is -0.338 e. The van der Waals surface area contributed by atoms with Crippen LogP contribution < -0.4 is 0 Å². The predicted octanol–water partition coefficient (Wildman–Crippen LogP) is 4.30. The van der Waals surface area contributed by atoms with E-state index in [9.17, 15) is 4.79 Å². The van der Waals surface area contributed by atoms with Crippen LogP contribution in [0.15, 0.2) is 71.9 Å². The maximum Gasteiger partial charge on any atom is 0.233 e. The van der Waals surface area contributed by atoms with Crippen LogP contribution in [0.25, 0.3) is 5.57 Å². The van der Waals surface area contributed by atoms with Crippen LogP contribution in [-0.4, -0.2) is 44.4 Å². The molecule has 1 aliphatic heterocycles. The van der Waals surface area contributed by atoms with Gasteiger partial charge in [-0.25, -0.2) is 0 Å². The number of benzene rings is 2. The first-order valence-electron chi connectivity index (χ1n) is 10.4. The second-order valence-electron chi connectivity index (χ2n) is 7.28. The molecule has 0 N–H and O–H groups in total. The fraction of sp³-hybridized carbons (Fsp3) is 0.292. The second kappa shape index (κ2) is 9.76. The maximum absolute atomic E-state index is 12.7.